The summed E-state index contributed by atoms with van der Waals surface area (Å²) in [5.74, 6) is 0.710. The average molecular weight is 425 g/mol. The Kier molecular flexibility index (Phi) is 8.06. The van der Waals surface area contributed by atoms with E-state index in [9.17, 15) is 9.59 Å². The van der Waals surface area contributed by atoms with Gasteiger partial charge < -0.3 is 14.4 Å². The molecule has 0 aromatic heterocycles. The first-order valence-electron chi connectivity index (χ1n) is 10.8. The molecule has 0 aliphatic carbocycles. The first kappa shape index (κ1) is 22.8. The predicted octanol–water partition coefficient (Wildman–Crippen LogP) is 3.54. The van der Waals surface area contributed by atoms with Gasteiger partial charge in [-0.15, -0.1) is 0 Å². The van der Waals surface area contributed by atoms with Crippen LogP contribution in [-0.2, 0) is 22.5 Å². The largest absolute Gasteiger partial charge is 0.497 e. The van der Waals surface area contributed by atoms with E-state index in [1.807, 2.05) is 29.2 Å². The van der Waals surface area contributed by atoms with Gasteiger partial charge in [0.2, 0.25) is 5.91 Å². The molecule has 1 heterocycles. The summed E-state index contributed by atoms with van der Waals surface area (Å²) in [4.78, 5) is 28.6. The van der Waals surface area contributed by atoms with E-state index in [0.29, 0.717) is 31.1 Å². The number of aryl methyl sites for hydroxylation is 1. The summed E-state index contributed by atoms with van der Waals surface area (Å²) in [6.45, 7) is 5.18. The summed E-state index contributed by atoms with van der Waals surface area (Å²) in [7, 11) is 3.05. The fraction of sp³-hybridized carbons (Fsp3) is 0.440. The number of carbonyl (C=O) groups excluding carboxylic acids is 2. The van der Waals surface area contributed by atoms with E-state index in [4.69, 9.17) is 9.47 Å². The Hall–Kier alpha value is -2.86. The number of rotatable bonds is 8. The van der Waals surface area contributed by atoms with Gasteiger partial charge in [0.25, 0.3) is 0 Å². The quantitative estimate of drug-likeness (QED) is 0.607. The maximum Gasteiger partial charge on any atom is 0.337 e. The van der Waals surface area contributed by atoms with Crippen molar-refractivity contribution in [2.24, 2.45) is 0 Å². The van der Waals surface area contributed by atoms with Crippen molar-refractivity contribution in [3.8, 4) is 5.75 Å². The van der Waals surface area contributed by atoms with E-state index in [1.54, 1.807) is 19.2 Å². The monoisotopic (exact) mass is 424 g/mol. The zero-order chi connectivity index (χ0) is 22.2. The van der Waals surface area contributed by atoms with Crippen molar-refractivity contribution in [3.63, 3.8) is 0 Å². The lowest BCUT2D eigenvalue weighted by Gasteiger charge is -2.28. The van der Waals surface area contributed by atoms with E-state index in [2.05, 4.69) is 24.0 Å². The summed E-state index contributed by atoms with van der Waals surface area (Å²) in [6.07, 6.45) is 2.59. The molecule has 1 fully saturated rings. The minimum atomic E-state index is -0.350. The maximum atomic E-state index is 12.7. The molecule has 31 heavy (non-hydrogen) atoms. The number of benzene rings is 2. The van der Waals surface area contributed by atoms with Crippen LogP contribution >= 0.6 is 0 Å². The first-order valence-corrected chi connectivity index (χ1v) is 10.8. The van der Waals surface area contributed by atoms with Gasteiger partial charge in [-0.1, -0.05) is 24.3 Å². The Labute approximate surface area is 184 Å². The Bertz CT molecular complexity index is 864. The molecule has 1 atom stereocenters. The van der Waals surface area contributed by atoms with Crippen molar-refractivity contribution in [1.29, 1.82) is 0 Å². The van der Waals surface area contributed by atoms with Crippen molar-refractivity contribution >= 4 is 11.9 Å². The summed E-state index contributed by atoms with van der Waals surface area (Å²) in [5.41, 5.74) is 2.84. The van der Waals surface area contributed by atoms with Crippen LogP contribution in [0.2, 0.25) is 0 Å². The fourth-order valence-corrected chi connectivity index (χ4v) is 3.93. The molecular weight excluding hydrogens is 392 g/mol. The third-order valence-corrected chi connectivity index (χ3v) is 6.00. The predicted molar refractivity (Wildman–Crippen MR) is 120 cm³/mol. The summed E-state index contributed by atoms with van der Waals surface area (Å²) in [5, 5.41) is 0. The topological polar surface area (TPSA) is 59.1 Å². The highest BCUT2D eigenvalue weighted by molar-refractivity contribution is 5.89. The van der Waals surface area contributed by atoms with E-state index in [0.717, 1.165) is 37.2 Å². The highest BCUT2D eigenvalue weighted by Crippen LogP contribution is 2.17. The van der Waals surface area contributed by atoms with Gasteiger partial charge in [-0.05, 0) is 55.2 Å². The van der Waals surface area contributed by atoms with Crippen LogP contribution < -0.4 is 4.74 Å². The number of methoxy groups -OCH3 is 2. The molecule has 6 nitrogen and oxygen atoms in total. The number of hydrogen-bond donors (Lipinski definition) is 0. The van der Waals surface area contributed by atoms with E-state index in [-0.39, 0.29) is 11.9 Å². The smallest absolute Gasteiger partial charge is 0.337 e. The van der Waals surface area contributed by atoms with Gasteiger partial charge >= 0.3 is 5.97 Å². The van der Waals surface area contributed by atoms with Crippen LogP contribution in [0.1, 0.15) is 41.3 Å². The second kappa shape index (κ2) is 11.0. The first-order chi connectivity index (χ1) is 15.0. The van der Waals surface area contributed by atoms with E-state index < -0.39 is 0 Å². The van der Waals surface area contributed by atoms with Gasteiger partial charge in [-0.2, -0.15) is 0 Å². The van der Waals surface area contributed by atoms with Gasteiger partial charge in [0.15, 0.2) is 0 Å². The highest BCUT2D eigenvalue weighted by atomic mass is 16.5. The van der Waals surface area contributed by atoms with Crippen molar-refractivity contribution in [2.45, 2.75) is 38.8 Å². The molecule has 1 amide bonds. The third-order valence-electron chi connectivity index (χ3n) is 6.00. The zero-order valence-electron chi connectivity index (χ0n) is 18.7. The molecule has 0 saturated carbocycles. The summed E-state index contributed by atoms with van der Waals surface area (Å²) in [6, 6.07) is 15.9. The molecule has 166 valence electrons. The molecule has 2 aromatic carbocycles. The molecule has 1 saturated heterocycles. The Morgan fingerprint density at radius 2 is 1.65 bits per heavy atom. The van der Waals surface area contributed by atoms with Crippen molar-refractivity contribution in [2.75, 3.05) is 33.9 Å². The van der Waals surface area contributed by atoms with Gasteiger partial charge in [0, 0.05) is 38.6 Å². The van der Waals surface area contributed by atoms with Crippen LogP contribution in [0.3, 0.4) is 0 Å². The molecule has 0 radical (unpaired) electrons. The van der Waals surface area contributed by atoms with Crippen LogP contribution in [0.5, 0.6) is 5.75 Å². The SMILES string of the molecule is COC(=O)c1ccc(CN2CCN(C(C)CCc3ccc(OC)cc3)CCC2=O)cc1. The molecule has 3 rings (SSSR count). The van der Waals surface area contributed by atoms with Crippen LogP contribution in [0.15, 0.2) is 48.5 Å². The van der Waals surface area contributed by atoms with Crippen molar-refractivity contribution in [1.82, 2.24) is 9.80 Å². The maximum absolute atomic E-state index is 12.7. The number of esters is 1. The summed E-state index contributed by atoms with van der Waals surface area (Å²) < 4.78 is 9.96. The van der Waals surface area contributed by atoms with Gasteiger partial charge in [0.05, 0.1) is 19.8 Å². The zero-order valence-corrected chi connectivity index (χ0v) is 18.7. The minimum Gasteiger partial charge on any atom is -0.497 e. The Balaban J connectivity index is 1.51. The van der Waals surface area contributed by atoms with Crippen LogP contribution in [-0.4, -0.2) is 61.6 Å². The lowest BCUT2D eigenvalue weighted by molar-refractivity contribution is -0.130. The molecule has 1 aliphatic heterocycles. The molecule has 6 heteroatoms. The molecular formula is C25H32N2O4. The lowest BCUT2D eigenvalue weighted by atomic mass is 10.0. The normalized spacial score (nSPS) is 16.0. The van der Waals surface area contributed by atoms with Crippen molar-refractivity contribution in [3.05, 3.63) is 65.2 Å². The molecule has 1 unspecified atom stereocenters. The number of nitrogens with zero attached hydrogens (tertiary/aromatic N) is 2. The van der Waals surface area contributed by atoms with Gasteiger partial charge in [-0.3, -0.25) is 9.69 Å². The number of ether oxygens (including phenoxy) is 2. The minimum absolute atomic E-state index is 0.182. The molecule has 2 aromatic rings. The second-order valence-electron chi connectivity index (χ2n) is 8.03. The van der Waals surface area contributed by atoms with Crippen LogP contribution in [0.25, 0.3) is 0 Å². The Morgan fingerprint density at radius 1 is 0.968 bits per heavy atom. The number of amides is 1. The number of carbonyl (C=O) groups is 2. The molecule has 0 bridgehead atoms. The average Bonchev–Trinajstić information content (AvgIpc) is 2.99. The fourth-order valence-electron chi connectivity index (χ4n) is 3.93. The highest BCUT2D eigenvalue weighted by Gasteiger charge is 2.23. The van der Waals surface area contributed by atoms with Gasteiger partial charge in [-0.25, -0.2) is 4.79 Å². The lowest BCUT2D eigenvalue weighted by Crippen LogP contribution is -2.37. The van der Waals surface area contributed by atoms with Crippen LogP contribution in [0, 0.1) is 0 Å². The standard InChI is InChI=1S/C25H32N2O4/c1-19(4-5-20-8-12-23(30-2)13-9-20)26-15-14-24(28)27(17-16-26)18-21-6-10-22(11-7-21)25(29)31-3/h6-13,19H,4-5,14-18H2,1-3H3. The second-order valence-corrected chi connectivity index (χ2v) is 8.03. The van der Waals surface area contributed by atoms with Crippen molar-refractivity contribution < 1.29 is 19.1 Å². The van der Waals surface area contributed by atoms with Crippen LogP contribution in [0.4, 0.5) is 0 Å². The molecule has 1 aliphatic rings. The third kappa shape index (κ3) is 6.31. The summed E-state index contributed by atoms with van der Waals surface area (Å²) >= 11 is 0. The van der Waals surface area contributed by atoms with E-state index >= 15 is 0 Å². The number of hydrogen-bond acceptors (Lipinski definition) is 5. The van der Waals surface area contributed by atoms with E-state index in [1.165, 1.54) is 12.7 Å². The van der Waals surface area contributed by atoms with Gasteiger partial charge in [0.1, 0.15) is 5.75 Å². The Morgan fingerprint density at radius 3 is 2.29 bits per heavy atom. The molecule has 0 spiro atoms. The molecule has 0 N–H and O–H groups in total.